The summed E-state index contributed by atoms with van der Waals surface area (Å²) in [6.07, 6.45) is 1.83. The van der Waals surface area contributed by atoms with Crippen LogP contribution in [0.1, 0.15) is 28.4 Å². The first-order valence-corrected chi connectivity index (χ1v) is 6.27. The van der Waals surface area contributed by atoms with E-state index in [1.165, 1.54) is 9.75 Å². The number of hydrogen-bond acceptors (Lipinski definition) is 3. The zero-order chi connectivity index (χ0) is 11.4. The molecule has 3 heteroatoms. The predicted molar refractivity (Wildman–Crippen MR) is 68.5 cm³/mol. The van der Waals surface area contributed by atoms with Gasteiger partial charge in [0.2, 0.25) is 0 Å². The van der Waals surface area contributed by atoms with E-state index in [1.807, 2.05) is 35.7 Å². The standard InChI is InChI=1S/C13H16N2S/c1-10-6-7-13(16-10)11(2)15-9-12-5-3-4-8-14-12/h3-8,11,15H,9H2,1-2H3. The van der Waals surface area contributed by atoms with Crippen molar-refractivity contribution in [3.05, 3.63) is 52.0 Å². The Morgan fingerprint density at radius 2 is 2.19 bits per heavy atom. The maximum Gasteiger partial charge on any atom is 0.0541 e. The smallest absolute Gasteiger partial charge is 0.0541 e. The lowest BCUT2D eigenvalue weighted by Gasteiger charge is -2.11. The van der Waals surface area contributed by atoms with Crippen molar-refractivity contribution in [3.63, 3.8) is 0 Å². The molecule has 0 saturated carbocycles. The van der Waals surface area contributed by atoms with Gasteiger partial charge in [-0.25, -0.2) is 0 Å². The first kappa shape index (κ1) is 11.3. The van der Waals surface area contributed by atoms with Crippen molar-refractivity contribution in [1.29, 1.82) is 0 Å². The topological polar surface area (TPSA) is 24.9 Å². The van der Waals surface area contributed by atoms with Gasteiger partial charge in [0.15, 0.2) is 0 Å². The first-order chi connectivity index (χ1) is 7.75. The zero-order valence-corrected chi connectivity index (χ0v) is 10.4. The van der Waals surface area contributed by atoms with Gasteiger partial charge < -0.3 is 5.32 Å². The van der Waals surface area contributed by atoms with Gasteiger partial charge in [-0.3, -0.25) is 4.98 Å². The Morgan fingerprint density at radius 1 is 1.31 bits per heavy atom. The van der Waals surface area contributed by atoms with Crippen LogP contribution in [0.3, 0.4) is 0 Å². The van der Waals surface area contributed by atoms with E-state index in [0.29, 0.717) is 6.04 Å². The van der Waals surface area contributed by atoms with Crippen molar-refractivity contribution in [1.82, 2.24) is 10.3 Å². The molecule has 84 valence electrons. The summed E-state index contributed by atoms with van der Waals surface area (Å²) >= 11 is 1.85. The molecule has 0 fully saturated rings. The number of aromatic nitrogens is 1. The molecule has 2 heterocycles. The molecule has 0 saturated heterocycles. The summed E-state index contributed by atoms with van der Waals surface area (Å²) in [5, 5.41) is 3.48. The van der Waals surface area contributed by atoms with Crippen LogP contribution in [-0.2, 0) is 6.54 Å². The van der Waals surface area contributed by atoms with Gasteiger partial charge in [0, 0.05) is 28.5 Å². The highest BCUT2D eigenvalue weighted by molar-refractivity contribution is 7.12. The van der Waals surface area contributed by atoms with Gasteiger partial charge in [-0.05, 0) is 38.1 Å². The molecule has 0 aliphatic carbocycles. The van der Waals surface area contributed by atoms with Gasteiger partial charge in [-0.1, -0.05) is 6.07 Å². The highest BCUT2D eigenvalue weighted by Gasteiger charge is 2.06. The van der Waals surface area contributed by atoms with Crippen molar-refractivity contribution >= 4 is 11.3 Å². The molecular weight excluding hydrogens is 216 g/mol. The third-order valence-corrected chi connectivity index (χ3v) is 3.69. The Bertz CT molecular complexity index is 436. The number of aryl methyl sites for hydroxylation is 1. The summed E-state index contributed by atoms with van der Waals surface area (Å²) < 4.78 is 0. The van der Waals surface area contributed by atoms with Crippen LogP contribution in [0, 0.1) is 6.92 Å². The third kappa shape index (κ3) is 2.90. The molecule has 1 atom stereocenters. The second-order valence-electron chi connectivity index (χ2n) is 3.87. The van der Waals surface area contributed by atoms with Crippen molar-refractivity contribution in [3.8, 4) is 0 Å². The van der Waals surface area contributed by atoms with Crippen molar-refractivity contribution in [2.45, 2.75) is 26.4 Å². The number of rotatable bonds is 4. The lowest BCUT2D eigenvalue weighted by molar-refractivity contribution is 0.575. The Balaban J connectivity index is 1.91. The molecular formula is C13H16N2S. The third-order valence-electron chi connectivity index (χ3n) is 2.50. The van der Waals surface area contributed by atoms with Crippen LogP contribution >= 0.6 is 11.3 Å². The molecule has 16 heavy (non-hydrogen) atoms. The summed E-state index contributed by atoms with van der Waals surface area (Å²) in [4.78, 5) is 7.04. The number of hydrogen-bond donors (Lipinski definition) is 1. The van der Waals surface area contributed by atoms with Gasteiger partial charge in [-0.15, -0.1) is 11.3 Å². The van der Waals surface area contributed by atoms with E-state index in [-0.39, 0.29) is 0 Å². The summed E-state index contributed by atoms with van der Waals surface area (Å²) in [5.74, 6) is 0. The average molecular weight is 232 g/mol. The maximum absolute atomic E-state index is 4.29. The van der Waals surface area contributed by atoms with Crippen LogP contribution in [0.25, 0.3) is 0 Å². The second-order valence-corrected chi connectivity index (χ2v) is 5.19. The lowest BCUT2D eigenvalue weighted by atomic mass is 10.2. The zero-order valence-electron chi connectivity index (χ0n) is 9.60. The molecule has 0 aromatic carbocycles. The van der Waals surface area contributed by atoms with E-state index in [0.717, 1.165) is 12.2 Å². The minimum atomic E-state index is 0.390. The number of pyridine rings is 1. The molecule has 0 aliphatic heterocycles. The molecule has 0 spiro atoms. The van der Waals surface area contributed by atoms with E-state index in [4.69, 9.17) is 0 Å². The monoisotopic (exact) mass is 232 g/mol. The second kappa shape index (κ2) is 5.23. The van der Waals surface area contributed by atoms with Crippen LogP contribution in [0.5, 0.6) is 0 Å². The minimum Gasteiger partial charge on any atom is -0.304 e. The molecule has 2 aromatic heterocycles. The molecule has 1 unspecified atom stereocenters. The van der Waals surface area contributed by atoms with E-state index < -0.39 is 0 Å². The highest BCUT2D eigenvalue weighted by Crippen LogP contribution is 2.22. The fourth-order valence-electron chi connectivity index (χ4n) is 1.55. The van der Waals surface area contributed by atoms with Crippen LogP contribution in [0.4, 0.5) is 0 Å². The van der Waals surface area contributed by atoms with Crippen LogP contribution in [-0.4, -0.2) is 4.98 Å². The number of nitrogens with one attached hydrogen (secondary N) is 1. The van der Waals surface area contributed by atoms with Gasteiger partial charge in [0.05, 0.1) is 5.69 Å². The Hall–Kier alpha value is -1.19. The fraction of sp³-hybridized carbons (Fsp3) is 0.308. The SMILES string of the molecule is Cc1ccc(C(C)NCc2ccccn2)s1. The van der Waals surface area contributed by atoms with Gasteiger partial charge >= 0.3 is 0 Å². The molecule has 2 aromatic rings. The number of thiophene rings is 1. The summed E-state index contributed by atoms with van der Waals surface area (Å²) in [6, 6.07) is 10.7. The fourth-order valence-corrected chi connectivity index (χ4v) is 2.45. The highest BCUT2D eigenvalue weighted by atomic mass is 32.1. The lowest BCUT2D eigenvalue weighted by Crippen LogP contribution is -2.17. The van der Waals surface area contributed by atoms with E-state index in [2.05, 4.69) is 36.3 Å². The predicted octanol–water partition coefficient (Wildman–Crippen LogP) is 3.30. The number of nitrogens with zero attached hydrogens (tertiary/aromatic N) is 1. The first-order valence-electron chi connectivity index (χ1n) is 5.45. The van der Waals surface area contributed by atoms with Crippen LogP contribution < -0.4 is 5.32 Å². The molecule has 0 bridgehead atoms. The van der Waals surface area contributed by atoms with Gasteiger partial charge in [-0.2, -0.15) is 0 Å². The van der Waals surface area contributed by atoms with Crippen molar-refractivity contribution in [2.24, 2.45) is 0 Å². The van der Waals surface area contributed by atoms with Crippen molar-refractivity contribution in [2.75, 3.05) is 0 Å². The Labute approximate surface area is 100 Å². The van der Waals surface area contributed by atoms with Gasteiger partial charge in [0.1, 0.15) is 0 Å². The molecule has 1 N–H and O–H groups in total. The van der Waals surface area contributed by atoms with Crippen LogP contribution in [0.2, 0.25) is 0 Å². The van der Waals surface area contributed by atoms with Crippen molar-refractivity contribution < 1.29 is 0 Å². The quantitative estimate of drug-likeness (QED) is 0.875. The van der Waals surface area contributed by atoms with E-state index in [9.17, 15) is 0 Å². The molecule has 2 rings (SSSR count). The van der Waals surface area contributed by atoms with Gasteiger partial charge in [0.25, 0.3) is 0 Å². The summed E-state index contributed by atoms with van der Waals surface area (Å²) in [7, 11) is 0. The van der Waals surface area contributed by atoms with Crippen LogP contribution in [0.15, 0.2) is 36.5 Å². The average Bonchev–Trinajstić information content (AvgIpc) is 2.74. The van der Waals surface area contributed by atoms with E-state index in [1.54, 1.807) is 0 Å². The molecule has 0 aliphatic rings. The largest absolute Gasteiger partial charge is 0.304 e. The molecule has 0 radical (unpaired) electrons. The molecule has 0 amide bonds. The Kier molecular flexibility index (Phi) is 3.70. The maximum atomic E-state index is 4.29. The minimum absolute atomic E-state index is 0.390. The normalized spacial score (nSPS) is 12.6. The Morgan fingerprint density at radius 3 is 2.81 bits per heavy atom. The molecule has 2 nitrogen and oxygen atoms in total. The summed E-state index contributed by atoms with van der Waals surface area (Å²) in [5.41, 5.74) is 1.09. The van der Waals surface area contributed by atoms with E-state index >= 15 is 0 Å². The summed E-state index contributed by atoms with van der Waals surface area (Å²) in [6.45, 7) is 5.15.